The van der Waals surface area contributed by atoms with E-state index in [1.54, 1.807) is 6.20 Å². The first-order valence-corrected chi connectivity index (χ1v) is 9.90. The van der Waals surface area contributed by atoms with Gasteiger partial charge in [-0.05, 0) is 29.3 Å². The number of carbonyl (C=O) groups excluding carboxylic acids is 1. The maximum Gasteiger partial charge on any atom is 0.253 e. The van der Waals surface area contributed by atoms with Crippen molar-refractivity contribution in [1.29, 1.82) is 0 Å². The molecule has 1 amide bonds. The van der Waals surface area contributed by atoms with Crippen LogP contribution in [0.1, 0.15) is 27.9 Å². The van der Waals surface area contributed by atoms with Crippen LogP contribution in [-0.4, -0.2) is 45.5 Å². The van der Waals surface area contributed by atoms with Crippen LogP contribution in [0.3, 0.4) is 0 Å². The van der Waals surface area contributed by atoms with Crippen LogP contribution in [0.5, 0.6) is 5.88 Å². The topological polar surface area (TPSA) is 51.7 Å². The summed E-state index contributed by atoms with van der Waals surface area (Å²) in [5, 5.41) is 0. The molecule has 0 aliphatic carbocycles. The zero-order chi connectivity index (χ0) is 17.6. The smallest absolute Gasteiger partial charge is 0.253 e. The average Bonchev–Trinajstić information content (AvgIpc) is 3.27. The lowest BCUT2D eigenvalue weighted by Gasteiger charge is -2.47. The standard InChI is InChI=1S/C20H20N2O3S/c23-19(14-4-5-15-9-24-10-16(15)7-14)22-12-20(13-22)8-17(11-26-20)25-18-3-1-2-6-21-18/h1-7,17H,8-13H2/t17-/m0/s1. The number of ether oxygens (including phenoxy) is 2. The molecule has 3 aliphatic rings. The SMILES string of the molecule is O=C(c1ccc2c(c1)COC2)N1CC2(C[C@H](Oc3ccccn3)CS2)C1. The second kappa shape index (κ2) is 6.28. The van der Waals surface area contributed by atoms with Gasteiger partial charge in [-0.1, -0.05) is 12.1 Å². The monoisotopic (exact) mass is 368 g/mol. The van der Waals surface area contributed by atoms with Crippen molar-refractivity contribution in [1.82, 2.24) is 9.88 Å². The van der Waals surface area contributed by atoms with Gasteiger partial charge in [-0.3, -0.25) is 4.79 Å². The molecule has 0 saturated carbocycles. The van der Waals surface area contributed by atoms with Crippen molar-refractivity contribution >= 4 is 17.7 Å². The van der Waals surface area contributed by atoms with Crippen molar-refractivity contribution in [3.8, 4) is 5.88 Å². The molecule has 0 N–H and O–H groups in total. The Morgan fingerprint density at radius 3 is 2.96 bits per heavy atom. The number of carbonyl (C=O) groups is 1. The van der Waals surface area contributed by atoms with E-state index >= 15 is 0 Å². The molecule has 0 radical (unpaired) electrons. The quantitative estimate of drug-likeness (QED) is 0.834. The molecule has 2 saturated heterocycles. The fourth-order valence-corrected chi connectivity index (χ4v) is 5.49. The largest absolute Gasteiger partial charge is 0.473 e. The normalized spacial score (nSPS) is 22.9. The minimum Gasteiger partial charge on any atom is -0.473 e. The van der Waals surface area contributed by atoms with Gasteiger partial charge in [0.2, 0.25) is 5.88 Å². The minimum absolute atomic E-state index is 0.125. The van der Waals surface area contributed by atoms with Gasteiger partial charge < -0.3 is 14.4 Å². The molecule has 1 aromatic heterocycles. The molecule has 5 nitrogen and oxygen atoms in total. The van der Waals surface area contributed by atoms with Crippen LogP contribution in [0.2, 0.25) is 0 Å². The Morgan fingerprint density at radius 2 is 2.12 bits per heavy atom. The maximum absolute atomic E-state index is 12.8. The first kappa shape index (κ1) is 16.1. The molecule has 1 atom stereocenters. The van der Waals surface area contributed by atoms with Gasteiger partial charge >= 0.3 is 0 Å². The molecule has 0 bridgehead atoms. The van der Waals surface area contributed by atoms with E-state index in [0.29, 0.717) is 19.1 Å². The van der Waals surface area contributed by atoms with Crippen molar-refractivity contribution in [2.45, 2.75) is 30.5 Å². The van der Waals surface area contributed by atoms with Gasteiger partial charge in [-0.25, -0.2) is 4.98 Å². The number of thioether (sulfide) groups is 1. The summed E-state index contributed by atoms with van der Waals surface area (Å²) >= 11 is 1.93. The summed E-state index contributed by atoms with van der Waals surface area (Å²) in [6, 6.07) is 11.7. The highest BCUT2D eigenvalue weighted by Crippen LogP contribution is 2.46. The molecule has 5 rings (SSSR count). The Bertz CT molecular complexity index is 836. The lowest BCUT2D eigenvalue weighted by atomic mass is 9.92. The third kappa shape index (κ3) is 2.87. The van der Waals surface area contributed by atoms with Crippen LogP contribution in [0.4, 0.5) is 0 Å². The molecule has 4 heterocycles. The number of aromatic nitrogens is 1. The predicted octanol–water partition coefficient (Wildman–Crippen LogP) is 2.89. The molecule has 0 unspecified atom stereocenters. The first-order chi connectivity index (χ1) is 12.7. The number of hydrogen-bond acceptors (Lipinski definition) is 5. The molecular weight excluding hydrogens is 348 g/mol. The Labute approximate surface area is 156 Å². The average molecular weight is 368 g/mol. The van der Waals surface area contributed by atoms with Gasteiger partial charge in [0, 0.05) is 43.1 Å². The Balaban J connectivity index is 1.20. The summed E-state index contributed by atoms with van der Waals surface area (Å²) in [6.45, 7) is 2.87. The number of nitrogens with zero attached hydrogens (tertiary/aromatic N) is 2. The summed E-state index contributed by atoms with van der Waals surface area (Å²) in [5.41, 5.74) is 3.11. The van der Waals surface area contributed by atoms with E-state index in [4.69, 9.17) is 9.47 Å². The second-order valence-electron chi connectivity index (χ2n) is 7.24. The number of amides is 1. The van der Waals surface area contributed by atoms with Crippen molar-refractivity contribution in [3.63, 3.8) is 0 Å². The highest BCUT2D eigenvalue weighted by atomic mass is 32.2. The van der Waals surface area contributed by atoms with E-state index in [1.165, 1.54) is 5.56 Å². The maximum atomic E-state index is 12.8. The fraction of sp³-hybridized carbons (Fsp3) is 0.400. The zero-order valence-electron chi connectivity index (χ0n) is 14.4. The minimum atomic E-state index is 0.125. The van der Waals surface area contributed by atoms with Crippen molar-refractivity contribution in [3.05, 3.63) is 59.3 Å². The molecule has 134 valence electrons. The van der Waals surface area contributed by atoms with E-state index in [9.17, 15) is 4.79 Å². The molecule has 2 aromatic rings. The van der Waals surface area contributed by atoms with E-state index in [2.05, 4.69) is 4.98 Å². The van der Waals surface area contributed by atoms with Crippen LogP contribution >= 0.6 is 11.8 Å². The Morgan fingerprint density at radius 1 is 1.23 bits per heavy atom. The number of benzene rings is 1. The van der Waals surface area contributed by atoms with Gasteiger partial charge in [-0.2, -0.15) is 0 Å². The van der Waals surface area contributed by atoms with E-state index < -0.39 is 0 Å². The highest BCUT2D eigenvalue weighted by molar-refractivity contribution is 8.01. The van der Waals surface area contributed by atoms with Gasteiger partial charge in [-0.15, -0.1) is 11.8 Å². The van der Waals surface area contributed by atoms with Crippen molar-refractivity contribution < 1.29 is 14.3 Å². The third-order valence-electron chi connectivity index (χ3n) is 5.31. The molecule has 1 spiro atoms. The third-order valence-corrected chi connectivity index (χ3v) is 6.89. The lowest BCUT2D eigenvalue weighted by molar-refractivity contribution is 0.0516. The highest BCUT2D eigenvalue weighted by Gasteiger charge is 2.51. The van der Waals surface area contributed by atoms with Gasteiger partial charge in [0.15, 0.2) is 0 Å². The summed E-state index contributed by atoms with van der Waals surface area (Å²) < 4.78 is 11.6. The number of fused-ring (bicyclic) bond motifs is 1. The summed E-state index contributed by atoms with van der Waals surface area (Å²) in [5.74, 6) is 1.76. The fourth-order valence-electron chi connectivity index (χ4n) is 3.97. The molecule has 26 heavy (non-hydrogen) atoms. The first-order valence-electron chi connectivity index (χ1n) is 8.91. The molecule has 3 aliphatic heterocycles. The molecule has 1 aromatic carbocycles. The van der Waals surface area contributed by atoms with Crippen LogP contribution in [0.15, 0.2) is 42.6 Å². The van der Waals surface area contributed by atoms with Crippen molar-refractivity contribution in [2.75, 3.05) is 18.8 Å². The Hall–Kier alpha value is -2.05. The van der Waals surface area contributed by atoms with Crippen LogP contribution in [-0.2, 0) is 18.0 Å². The Kier molecular flexibility index (Phi) is 3.90. The summed E-state index contributed by atoms with van der Waals surface area (Å²) in [4.78, 5) is 19.0. The van der Waals surface area contributed by atoms with Gasteiger partial charge in [0.1, 0.15) is 6.10 Å². The lowest BCUT2D eigenvalue weighted by Crippen LogP contribution is -2.60. The summed E-state index contributed by atoms with van der Waals surface area (Å²) in [7, 11) is 0. The second-order valence-corrected chi connectivity index (χ2v) is 8.73. The summed E-state index contributed by atoms with van der Waals surface area (Å²) in [6.07, 6.45) is 2.89. The van der Waals surface area contributed by atoms with Gasteiger partial charge in [0.25, 0.3) is 5.91 Å². The van der Waals surface area contributed by atoms with Crippen molar-refractivity contribution in [2.24, 2.45) is 0 Å². The predicted molar refractivity (Wildman–Crippen MR) is 99.3 cm³/mol. The van der Waals surface area contributed by atoms with Crippen LogP contribution in [0, 0.1) is 0 Å². The molecular formula is C20H20N2O3S. The van der Waals surface area contributed by atoms with Gasteiger partial charge in [0.05, 0.1) is 18.0 Å². The van der Waals surface area contributed by atoms with E-state index in [1.807, 2.05) is 53.1 Å². The number of pyridine rings is 1. The van der Waals surface area contributed by atoms with E-state index in [0.717, 1.165) is 36.4 Å². The van der Waals surface area contributed by atoms with E-state index in [-0.39, 0.29) is 16.8 Å². The number of likely N-dealkylation sites (tertiary alicyclic amines) is 1. The molecule has 6 heteroatoms. The zero-order valence-corrected chi connectivity index (χ0v) is 15.2. The van der Waals surface area contributed by atoms with Crippen LogP contribution < -0.4 is 4.74 Å². The molecule has 2 fully saturated rings. The number of rotatable bonds is 3. The van der Waals surface area contributed by atoms with Crippen LogP contribution in [0.25, 0.3) is 0 Å². The number of hydrogen-bond donors (Lipinski definition) is 0.